The maximum absolute atomic E-state index is 12.7. The van der Waals surface area contributed by atoms with Gasteiger partial charge >= 0.3 is 0 Å². The number of sulfonamides is 1. The Bertz CT molecular complexity index is 1170. The molecule has 0 amide bonds. The average molecular weight is 516 g/mol. The SMILES string of the molecule is O=S(=O)(c1cc(Br)cs1)N(Cl)c1ccc(C2=NCCc3ccc(Cl)cc32)cc1. The van der Waals surface area contributed by atoms with Crippen LogP contribution in [0, 0.1) is 0 Å². The summed E-state index contributed by atoms with van der Waals surface area (Å²) < 4.78 is 27.0. The van der Waals surface area contributed by atoms with E-state index in [9.17, 15) is 8.42 Å². The molecule has 9 heteroatoms. The fourth-order valence-corrected chi connectivity index (χ4v) is 6.61. The van der Waals surface area contributed by atoms with Gasteiger partial charge in [0.1, 0.15) is 4.21 Å². The van der Waals surface area contributed by atoms with Crippen molar-refractivity contribution in [3.05, 3.63) is 80.1 Å². The molecule has 0 spiro atoms. The number of halogens is 3. The lowest BCUT2D eigenvalue weighted by Crippen LogP contribution is -2.20. The Balaban J connectivity index is 1.65. The summed E-state index contributed by atoms with van der Waals surface area (Å²) in [5.41, 5.74) is 4.29. The normalized spacial score (nSPS) is 13.8. The zero-order valence-corrected chi connectivity index (χ0v) is 19.0. The Morgan fingerprint density at radius 1 is 1.11 bits per heavy atom. The minimum atomic E-state index is -3.82. The fraction of sp³-hybridized carbons (Fsp3) is 0.105. The monoisotopic (exact) mass is 514 g/mol. The molecule has 1 aliphatic rings. The van der Waals surface area contributed by atoms with Gasteiger partial charge in [-0.2, -0.15) is 12.2 Å². The van der Waals surface area contributed by atoms with Gasteiger partial charge in [0, 0.05) is 44.3 Å². The smallest absolute Gasteiger partial charge is 0.284 e. The van der Waals surface area contributed by atoms with Crippen molar-refractivity contribution >= 4 is 72.1 Å². The van der Waals surface area contributed by atoms with Crippen molar-refractivity contribution in [2.24, 2.45) is 4.99 Å². The first-order chi connectivity index (χ1) is 13.4. The van der Waals surface area contributed by atoms with Gasteiger partial charge in [0.05, 0.1) is 11.4 Å². The zero-order chi connectivity index (χ0) is 19.9. The van der Waals surface area contributed by atoms with E-state index in [1.807, 2.05) is 30.3 Å². The standard InChI is InChI=1S/C19H13BrCl2N2O2S2/c20-14-9-18(27-11-14)28(25,26)24(22)16-5-2-13(3-6-16)19-17-10-15(21)4-1-12(17)7-8-23-19/h1-6,9-11H,7-8H2. The Morgan fingerprint density at radius 2 is 1.86 bits per heavy atom. The molecule has 1 aromatic heterocycles. The first-order valence-electron chi connectivity index (χ1n) is 8.25. The predicted molar refractivity (Wildman–Crippen MR) is 120 cm³/mol. The molecule has 0 saturated heterocycles. The van der Waals surface area contributed by atoms with Crippen LogP contribution < -0.4 is 3.82 Å². The van der Waals surface area contributed by atoms with Crippen LogP contribution in [0.1, 0.15) is 16.7 Å². The lowest BCUT2D eigenvalue weighted by Gasteiger charge is -2.19. The van der Waals surface area contributed by atoms with Crippen molar-refractivity contribution in [3.8, 4) is 0 Å². The van der Waals surface area contributed by atoms with Crippen LogP contribution in [0.5, 0.6) is 0 Å². The molecule has 3 aromatic rings. The minimum absolute atomic E-state index is 0.165. The van der Waals surface area contributed by atoms with Gasteiger partial charge in [-0.15, -0.1) is 11.3 Å². The second-order valence-corrected chi connectivity index (χ2v) is 10.9. The van der Waals surface area contributed by atoms with Crippen LogP contribution in [0.25, 0.3) is 0 Å². The summed E-state index contributed by atoms with van der Waals surface area (Å²) in [6.45, 7) is 0.703. The molecular weight excluding hydrogens is 503 g/mol. The Labute approximate surface area is 185 Å². The number of anilines is 1. The molecule has 0 unspecified atom stereocenters. The van der Waals surface area contributed by atoms with E-state index in [1.54, 1.807) is 17.5 Å². The lowest BCUT2D eigenvalue weighted by molar-refractivity contribution is 0.600. The average Bonchev–Trinajstić information content (AvgIpc) is 3.14. The van der Waals surface area contributed by atoms with Gasteiger partial charge in [-0.05, 0) is 58.2 Å². The lowest BCUT2D eigenvalue weighted by atomic mass is 9.93. The molecule has 2 heterocycles. The van der Waals surface area contributed by atoms with Crippen molar-refractivity contribution in [2.45, 2.75) is 10.6 Å². The highest BCUT2D eigenvalue weighted by atomic mass is 79.9. The molecule has 0 radical (unpaired) electrons. The number of nitrogens with zero attached hydrogens (tertiary/aromatic N) is 2. The van der Waals surface area contributed by atoms with E-state index in [2.05, 4.69) is 20.9 Å². The van der Waals surface area contributed by atoms with E-state index >= 15 is 0 Å². The summed E-state index contributed by atoms with van der Waals surface area (Å²) in [7, 11) is -3.82. The third-order valence-corrected chi connectivity index (χ3v) is 8.97. The highest BCUT2D eigenvalue weighted by Crippen LogP contribution is 2.32. The summed E-state index contributed by atoms with van der Waals surface area (Å²) in [5.74, 6) is 0. The zero-order valence-electron chi connectivity index (χ0n) is 14.3. The van der Waals surface area contributed by atoms with Crippen LogP contribution in [0.4, 0.5) is 5.69 Å². The number of rotatable bonds is 4. The fourth-order valence-electron chi connectivity index (χ4n) is 2.99. The van der Waals surface area contributed by atoms with Crippen LogP contribution in [-0.2, 0) is 16.4 Å². The molecule has 1 aliphatic heterocycles. The van der Waals surface area contributed by atoms with Gasteiger partial charge in [0.15, 0.2) is 0 Å². The van der Waals surface area contributed by atoms with E-state index < -0.39 is 10.0 Å². The second-order valence-electron chi connectivity index (χ2n) is 6.13. The molecular formula is C19H13BrCl2N2O2S2. The summed E-state index contributed by atoms with van der Waals surface area (Å²) in [5, 5.41) is 2.36. The van der Waals surface area contributed by atoms with Gasteiger partial charge in [0.25, 0.3) is 10.0 Å². The summed E-state index contributed by atoms with van der Waals surface area (Å²) >= 11 is 16.7. The summed E-state index contributed by atoms with van der Waals surface area (Å²) in [4.78, 5) is 4.65. The third kappa shape index (κ3) is 3.74. The Hall–Kier alpha value is -1.38. The summed E-state index contributed by atoms with van der Waals surface area (Å²) in [6, 6.07) is 14.3. The number of hydrogen-bond donors (Lipinski definition) is 0. The first kappa shape index (κ1) is 19.9. The van der Waals surface area contributed by atoms with Gasteiger partial charge in [0.2, 0.25) is 0 Å². The van der Waals surface area contributed by atoms with Crippen molar-refractivity contribution < 1.29 is 8.42 Å². The number of thiophene rings is 1. The van der Waals surface area contributed by atoms with Crippen LogP contribution >= 0.6 is 50.6 Å². The first-order valence-corrected chi connectivity index (χ1v) is 12.1. The van der Waals surface area contributed by atoms with Crippen LogP contribution in [0.2, 0.25) is 5.02 Å². The Kier molecular flexibility index (Phi) is 5.55. The second kappa shape index (κ2) is 7.80. The van der Waals surface area contributed by atoms with Crippen LogP contribution in [0.15, 0.2) is 67.6 Å². The van der Waals surface area contributed by atoms with Crippen molar-refractivity contribution in [3.63, 3.8) is 0 Å². The largest absolute Gasteiger partial charge is 0.287 e. The topological polar surface area (TPSA) is 49.7 Å². The maximum atomic E-state index is 12.7. The Morgan fingerprint density at radius 3 is 2.54 bits per heavy atom. The number of benzene rings is 2. The highest BCUT2D eigenvalue weighted by Gasteiger charge is 2.26. The molecule has 0 aliphatic carbocycles. The maximum Gasteiger partial charge on any atom is 0.287 e. The molecule has 0 atom stereocenters. The van der Waals surface area contributed by atoms with Crippen molar-refractivity contribution in [1.29, 1.82) is 0 Å². The van der Waals surface area contributed by atoms with Gasteiger partial charge in [-0.1, -0.05) is 29.8 Å². The van der Waals surface area contributed by atoms with E-state index in [1.165, 1.54) is 11.6 Å². The quantitative estimate of drug-likeness (QED) is 0.406. The third-order valence-electron chi connectivity index (χ3n) is 4.33. The van der Waals surface area contributed by atoms with E-state index in [0.29, 0.717) is 21.7 Å². The molecule has 0 saturated carbocycles. The van der Waals surface area contributed by atoms with Gasteiger partial charge in [-0.3, -0.25) is 4.99 Å². The molecule has 144 valence electrons. The van der Waals surface area contributed by atoms with E-state index in [4.69, 9.17) is 23.4 Å². The van der Waals surface area contributed by atoms with E-state index in [-0.39, 0.29) is 4.21 Å². The molecule has 4 nitrogen and oxygen atoms in total. The minimum Gasteiger partial charge on any atom is -0.284 e. The van der Waals surface area contributed by atoms with Crippen LogP contribution in [0.3, 0.4) is 0 Å². The highest BCUT2D eigenvalue weighted by molar-refractivity contribution is 9.10. The van der Waals surface area contributed by atoms with E-state index in [0.717, 1.165) is 38.4 Å². The van der Waals surface area contributed by atoms with Gasteiger partial charge < -0.3 is 0 Å². The van der Waals surface area contributed by atoms with Gasteiger partial charge in [-0.25, -0.2) is 0 Å². The molecule has 0 fully saturated rings. The molecule has 28 heavy (non-hydrogen) atoms. The molecule has 0 N–H and O–H groups in total. The molecule has 0 bridgehead atoms. The molecule has 4 rings (SSSR count). The number of aliphatic imine (C=N–C) groups is 1. The number of hydrogen-bond acceptors (Lipinski definition) is 4. The number of fused-ring (bicyclic) bond motifs is 1. The predicted octanol–water partition coefficient (Wildman–Crippen LogP) is 5.91. The van der Waals surface area contributed by atoms with Crippen molar-refractivity contribution in [1.82, 2.24) is 0 Å². The van der Waals surface area contributed by atoms with Crippen LogP contribution in [-0.4, -0.2) is 20.7 Å². The molecule has 2 aromatic carbocycles. The summed E-state index contributed by atoms with van der Waals surface area (Å²) in [6.07, 6.45) is 0.873. The van der Waals surface area contributed by atoms with Crippen molar-refractivity contribution in [2.75, 3.05) is 10.4 Å².